The maximum Gasteiger partial charge on any atom is 0.260 e. The summed E-state index contributed by atoms with van der Waals surface area (Å²) in [5.74, 6) is -0.278. The molecule has 0 saturated carbocycles. The van der Waals surface area contributed by atoms with E-state index in [0.29, 0.717) is 0 Å². The topological polar surface area (TPSA) is 67.9 Å². The number of likely N-dealkylation sites (tertiary alicyclic amines) is 1. The molecule has 0 radical (unpaired) electrons. The second-order valence-electron chi connectivity index (χ2n) is 6.29. The fourth-order valence-corrected chi connectivity index (χ4v) is 2.99. The van der Waals surface area contributed by atoms with E-state index in [4.69, 9.17) is 0 Å². The second kappa shape index (κ2) is 8.39. The van der Waals surface area contributed by atoms with Crippen molar-refractivity contribution in [2.45, 2.75) is 25.9 Å². The lowest BCUT2D eigenvalue weighted by Gasteiger charge is -2.24. The van der Waals surface area contributed by atoms with Crippen molar-refractivity contribution in [1.29, 1.82) is 0 Å². The van der Waals surface area contributed by atoms with E-state index in [0.717, 1.165) is 38.2 Å². The third kappa shape index (κ3) is 5.12. The molecule has 0 spiro atoms. The van der Waals surface area contributed by atoms with Crippen molar-refractivity contribution in [3.8, 4) is 0 Å². The van der Waals surface area contributed by atoms with E-state index in [2.05, 4.69) is 34.8 Å². The molecule has 6 nitrogen and oxygen atoms in total. The maximum atomic E-state index is 11.9. The van der Waals surface area contributed by atoms with Crippen molar-refractivity contribution >= 4 is 11.6 Å². The summed E-state index contributed by atoms with van der Waals surface area (Å²) in [5.41, 5.74) is 4.75. The lowest BCUT2D eigenvalue weighted by atomic mass is 10.1. The van der Waals surface area contributed by atoms with Crippen molar-refractivity contribution in [1.82, 2.24) is 9.99 Å². The quantitative estimate of drug-likeness (QED) is 0.764. The highest BCUT2D eigenvalue weighted by Crippen LogP contribution is 1.99. The standard InChI is InChI=1S/C19H22N4O2/c24-18(15-23-11-5-4-8-19(23)25)21-20-17-9-12-22(13-10-17)14-16-6-2-1-3-7-16/h1-8,11H,9-10,12-15H2,(H,21,24)/p+1. The minimum atomic E-state index is -0.278. The molecule has 2 heterocycles. The van der Waals surface area contributed by atoms with Crippen LogP contribution in [0.1, 0.15) is 18.4 Å². The summed E-state index contributed by atoms with van der Waals surface area (Å²) in [7, 11) is 0. The highest BCUT2D eigenvalue weighted by Gasteiger charge is 2.18. The Morgan fingerprint density at radius 1 is 1.08 bits per heavy atom. The van der Waals surface area contributed by atoms with Crippen LogP contribution in [0, 0.1) is 0 Å². The molecule has 3 rings (SSSR count). The Bertz CT molecular complexity index is 788. The Kier molecular flexibility index (Phi) is 5.74. The van der Waals surface area contributed by atoms with Gasteiger partial charge in [-0.1, -0.05) is 36.4 Å². The summed E-state index contributed by atoms with van der Waals surface area (Å²) in [5, 5.41) is 4.24. The van der Waals surface area contributed by atoms with Crippen LogP contribution in [0.3, 0.4) is 0 Å². The Balaban J connectivity index is 1.45. The van der Waals surface area contributed by atoms with Crippen LogP contribution >= 0.6 is 0 Å². The van der Waals surface area contributed by atoms with Gasteiger partial charge in [-0.25, -0.2) is 5.43 Å². The molecule has 6 heteroatoms. The minimum absolute atomic E-state index is 0.0121. The lowest BCUT2D eigenvalue weighted by Crippen LogP contribution is -3.11. The number of hydrogen-bond acceptors (Lipinski definition) is 3. The van der Waals surface area contributed by atoms with Gasteiger partial charge in [-0.3, -0.25) is 9.59 Å². The molecule has 25 heavy (non-hydrogen) atoms. The minimum Gasteiger partial charge on any atom is -0.331 e. The predicted octanol–water partition coefficient (Wildman–Crippen LogP) is 0.199. The number of amides is 1. The van der Waals surface area contributed by atoms with Crippen LogP contribution in [0.15, 0.2) is 64.6 Å². The van der Waals surface area contributed by atoms with E-state index in [-0.39, 0.29) is 18.0 Å². The number of nitrogens with one attached hydrogen (secondary N) is 2. The molecule has 1 fully saturated rings. The van der Waals surface area contributed by atoms with Gasteiger partial charge >= 0.3 is 0 Å². The number of hydrazone groups is 1. The third-order valence-corrected chi connectivity index (χ3v) is 4.38. The zero-order valence-electron chi connectivity index (χ0n) is 14.1. The fourth-order valence-electron chi connectivity index (χ4n) is 2.99. The maximum absolute atomic E-state index is 11.9. The average Bonchev–Trinajstić information content (AvgIpc) is 2.64. The smallest absolute Gasteiger partial charge is 0.260 e. The molecule has 1 aliphatic heterocycles. The first-order valence-corrected chi connectivity index (χ1v) is 8.58. The predicted molar refractivity (Wildman–Crippen MR) is 96.4 cm³/mol. The number of quaternary nitrogens is 1. The summed E-state index contributed by atoms with van der Waals surface area (Å²) >= 11 is 0. The molecule has 1 amide bonds. The molecule has 1 aromatic heterocycles. The Morgan fingerprint density at radius 2 is 1.80 bits per heavy atom. The van der Waals surface area contributed by atoms with Gasteiger partial charge in [0.25, 0.3) is 11.5 Å². The molecule has 1 saturated heterocycles. The van der Waals surface area contributed by atoms with Gasteiger partial charge in [0, 0.05) is 36.4 Å². The SMILES string of the molecule is O=C(Cn1ccccc1=O)NN=C1CC[NH+](Cc2ccccc2)CC1. The van der Waals surface area contributed by atoms with Gasteiger partial charge in [0.2, 0.25) is 0 Å². The number of carbonyl (C=O) groups is 1. The number of aromatic nitrogens is 1. The molecule has 0 atom stereocenters. The average molecular weight is 339 g/mol. The van der Waals surface area contributed by atoms with Crippen LogP contribution < -0.4 is 15.9 Å². The lowest BCUT2D eigenvalue weighted by molar-refractivity contribution is -0.914. The summed E-state index contributed by atoms with van der Waals surface area (Å²) in [6.45, 7) is 3.04. The monoisotopic (exact) mass is 339 g/mol. The summed E-state index contributed by atoms with van der Waals surface area (Å²) in [6, 6.07) is 15.3. The largest absolute Gasteiger partial charge is 0.331 e. The van der Waals surface area contributed by atoms with Crippen LogP contribution in [0.4, 0.5) is 0 Å². The first-order chi connectivity index (χ1) is 12.2. The van der Waals surface area contributed by atoms with Crippen molar-refractivity contribution in [3.05, 3.63) is 70.6 Å². The normalized spacial score (nSPS) is 17.1. The number of piperidine rings is 1. The van der Waals surface area contributed by atoms with Gasteiger partial charge in [0.15, 0.2) is 0 Å². The van der Waals surface area contributed by atoms with Gasteiger partial charge < -0.3 is 9.47 Å². The van der Waals surface area contributed by atoms with Crippen LogP contribution in [-0.4, -0.2) is 29.3 Å². The number of pyridine rings is 1. The summed E-state index contributed by atoms with van der Waals surface area (Å²) in [6.07, 6.45) is 3.36. The molecule has 1 aliphatic rings. The van der Waals surface area contributed by atoms with Crippen LogP contribution in [0.2, 0.25) is 0 Å². The van der Waals surface area contributed by atoms with E-state index < -0.39 is 0 Å². The zero-order chi connectivity index (χ0) is 17.5. The van der Waals surface area contributed by atoms with Crippen molar-refractivity contribution in [3.63, 3.8) is 0 Å². The van der Waals surface area contributed by atoms with Gasteiger partial charge in [-0.15, -0.1) is 0 Å². The first-order valence-electron chi connectivity index (χ1n) is 8.58. The van der Waals surface area contributed by atoms with Crippen molar-refractivity contribution in [2.75, 3.05) is 13.1 Å². The summed E-state index contributed by atoms with van der Waals surface area (Å²) < 4.78 is 1.36. The highest BCUT2D eigenvalue weighted by molar-refractivity contribution is 5.86. The Morgan fingerprint density at radius 3 is 2.52 bits per heavy atom. The fraction of sp³-hybridized carbons (Fsp3) is 0.316. The second-order valence-corrected chi connectivity index (χ2v) is 6.29. The molecular weight excluding hydrogens is 316 g/mol. The highest BCUT2D eigenvalue weighted by atomic mass is 16.2. The molecule has 130 valence electrons. The third-order valence-electron chi connectivity index (χ3n) is 4.38. The molecule has 2 N–H and O–H groups in total. The van der Waals surface area contributed by atoms with Crippen LogP contribution in [0.5, 0.6) is 0 Å². The molecular formula is C19H23N4O2+. The van der Waals surface area contributed by atoms with E-state index in [1.54, 1.807) is 18.3 Å². The first kappa shape index (κ1) is 17.1. The Hall–Kier alpha value is -2.73. The van der Waals surface area contributed by atoms with Crippen molar-refractivity contribution < 1.29 is 9.69 Å². The number of carbonyl (C=O) groups excluding carboxylic acids is 1. The zero-order valence-corrected chi connectivity index (χ0v) is 14.1. The Labute approximate surface area is 146 Å². The van der Waals surface area contributed by atoms with E-state index in [1.165, 1.54) is 21.1 Å². The molecule has 1 aromatic carbocycles. The molecule has 0 unspecified atom stereocenters. The summed E-state index contributed by atoms with van der Waals surface area (Å²) in [4.78, 5) is 25.1. The number of nitrogens with zero attached hydrogens (tertiary/aromatic N) is 2. The van der Waals surface area contributed by atoms with E-state index in [9.17, 15) is 9.59 Å². The number of hydrogen-bond donors (Lipinski definition) is 2. The molecule has 0 aliphatic carbocycles. The number of benzene rings is 1. The van der Waals surface area contributed by atoms with Gasteiger partial charge in [0.05, 0.1) is 13.1 Å². The van der Waals surface area contributed by atoms with Crippen LogP contribution in [-0.2, 0) is 17.9 Å². The van der Waals surface area contributed by atoms with Gasteiger partial charge in [-0.05, 0) is 6.07 Å². The number of rotatable bonds is 5. The van der Waals surface area contributed by atoms with Gasteiger partial charge in [0.1, 0.15) is 13.1 Å². The van der Waals surface area contributed by atoms with Gasteiger partial charge in [-0.2, -0.15) is 5.10 Å². The van der Waals surface area contributed by atoms with E-state index >= 15 is 0 Å². The molecule has 0 bridgehead atoms. The van der Waals surface area contributed by atoms with E-state index in [1.807, 2.05) is 6.07 Å². The van der Waals surface area contributed by atoms with Crippen LogP contribution in [0.25, 0.3) is 0 Å². The molecule has 2 aromatic rings. The van der Waals surface area contributed by atoms with Crippen molar-refractivity contribution in [2.24, 2.45) is 5.10 Å².